The van der Waals surface area contributed by atoms with Crippen LogP contribution in [0.15, 0.2) is 42.6 Å². The van der Waals surface area contributed by atoms with Crippen LogP contribution in [0.25, 0.3) is 0 Å². The summed E-state index contributed by atoms with van der Waals surface area (Å²) < 4.78 is 4.96. The van der Waals surface area contributed by atoms with Crippen LogP contribution in [0.2, 0.25) is 0 Å². The zero-order valence-corrected chi connectivity index (χ0v) is 15.2. The molecule has 0 spiro atoms. The molecular weight excluding hydrogens is 328 g/mol. The Hall–Kier alpha value is -2.60. The summed E-state index contributed by atoms with van der Waals surface area (Å²) in [6.45, 7) is 3.51. The number of hydrogen-bond donors (Lipinski definition) is 2. The van der Waals surface area contributed by atoms with Gasteiger partial charge in [0.05, 0.1) is 5.56 Å². The van der Waals surface area contributed by atoms with Gasteiger partial charge in [-0.05, 0) is 55.7 Å². The number of hydrogen-bond acceptors (Lipinski definition) is 5. The molecule has 138 valence electrons. The number of nitrogens with zero attached hydrogens (tertiary/aromatic N) is 2. The van der Waals surface area contributed by atoms with Crippen LogP contribution in [0.1, 0.15) is 29.6 Å². The fourth-order valence-electron chi connectivity index (χ4n) is 3.00. The molecule has 0 saturated carbocycles. The van der Waals surface area contributed by atoms with Crippen molar-refractivity contribution in [3.8, 4) is 0 Å². The van der Waals surface area contributed by atoms with Crippen molar-refractivity contribution in [2.45, 2.75) is 19.3 Å². The summed E-state index contributed by atoms with van der Waals surface area (Å²) in [7, 11) is 1.65. The number of amides is 1. The molecule has 0 bridgehead atoms. The number of benzene rings is 1. The molecule has 1 aromatic carbocycles. The van der Waals surface area contributed by atoms with E-state index in [9.17, 15) is 4.79 Å². The monoisotopic (exact) mass is 354 g/mol. The molecule has 2 heterocycles. The zero-order chi connectivity index (χ0) is 18.2. The van der Waals surface area contributed by atoms with Gasteiger partial charge in [0.1, 0.15) is 5.82 Å². The van der Waals surface area contributed by atoms with E-state index in [4.69, 9.17) is 4.74 Å². The molecule has 2 aromatic rings. The van der Waals surface area contributed by atoms with Gasteiger partial charge in [-0.1, -0.05) is 0 Å². The minimum Gasteiger partial charge on any atom is -0.385 e. The largest absolute Gasteiger partial charge is 0.385 e. The van der Waals surface area contributed by atoms with Crippen LogP contribution in [0.3, 0.4) is 0 Å². The van der Waals surface area contributed by atoms with Crippen molar-refractivity contribution in [2.24, 2.45) is 0 Å². The molecule has 1 aromatic heterocycles. The lowest BCUT2D eigenvalue weighted by Gasteiger charge is -2.17. The average molecular weight is 354 g/mol. The van der Waals surface area contributed by atoms with Crippen molar-refractivity contribution in [1.29, 1.82) is 0 Å². The molecule has 1 saturated heterocycles. The molecule has 0 radical (unpaired) electrons. The highest BCUT2D eigenvalue weighted by atomic mass is 16.5. The lowest BCUT2D eigenvalue weighted by molar-refractivity contribution is 0.0948. The lowest BCUT2D eigenvalue weighted by atomic mass is 10.2. The van der Waals surface area contributed by atoms with Gasteiger partial charge in [-0.15, -0.1) is 0 Å². The van der Waals surface area contributed by atoms with E-state index < -0.39 is 0 Å². The Morgan fingerprint density at radius 1 is 1.15 bits per heavy atom. The van der Waals surface area contributed by atoms with E-state index in [-0.39, 0.29) is 5.91 Å². The number of aromatic nitrogens is 1. The standard InChI is InChI=1S/C20H26N4O2/c1-26-14-4-11-21-20(25)16-5-10-19(22-15-16)23-17-6-8-18(9-7-17)24-12-2-3-13-24/h5-10,15H,2-4,11-14H2,1H3,(H,21,25)(H,22,23). The second kappa shape index (κ2) is 9.20. The molecule has 2 N–H and O–H groups in total. The first kappa shape index (κ1) is 18.2. The molecule has 1 aliphatic rings. The van der Waals surface area contributed by atoms with Crippen LogP contribution in [0.4, 0.5) is 17.2 Å². The maximum atomic E-state index is 12.0. The molecule has 1 amide bonds. The fraction of sp³-hybridized carbons (Fsp3) is 0.400. The van der Waals surface area contributed by atoms with Gasteiger partial charge in [-0.2, -0.15) is 0 Å². The first-order valence-electron chi connectivity index (χ1n) is 9.11. The van der Waals surface area contributed by atoms with Gasteiger partial charge in [0.2, 0.25) is 0 Å². The summed E-state index contributed by atoms with van der Waals surface area (Å²) in [6, 6.07) is 12.0. The Balaban J connectivity index is 1.52. The minimum absolute atomic E-state index is 0.116. The van der Waals surface area contributed by atoms with Crippen molar-refractivity contribution >= 4 is 23.1 Å². The van der Waals surface area contributed by atoms with Gasteiger partial charge in [-0.25, -0.2) is 4.98 Å². The molecule has 0 atom stereocenters. The highest BCUT2D eigenvalue weighted by Crippen LogP contribution is 2.23. The van der Waals surface area contributed by atoms with Gasteiger partial charge < -0.3 is 20.3 Å². The molecular formula is C20H26N4O2. The SMILES string of the molecule is COCCCNC(=O)c1ccc(Nc2ccc(N3CCCC3)cc2)nc1. The zero-order valence-electron chi connectivity index (χ0n) is 15.2. The van der Waals surface area contributed by atoms with Gasteiger partial charge >= 0.3 is 0 Å². The summed E-state index contributed by atoms with van der Waals surface area (Å²) in [5.41, 5.74) is 2.80. The minimum atomic E-state index is -0.116. The third kappa shape index (κ3) is 4.95. The van der Waals surface area contributed by atoms with Crippen molar-refractivity contribution < 1.29 is 9.53 Å². The maximum absolute atomic E-state index is 12.0. The first-order chi connectivity index (χ1) is 12.8. The molecule has 1 fully saturated rings. The molecule has 6 nitrogen and oxygen atoms in total. The maximum Gasteiger partial charge on any atom is 0.252 e. The Kier molecular flexibility index (Phi) is 6.44. The van der Waals surface area contributed by atoms with Gasteiger partial charge in [0, 0.05) is 50.9 Å². The van der Waals surface area contributed by atoms with Crippen molar-refractivity contribution in [1.82, 2.24) is 10.3 Å². The Morgan fingerprint density at radius 3 is 2.58 bits per heavy atom. The summed E-state index contributed by atoms with van der Waals surface area (Å²) in [5.74, 6) is 0.602. The second-order valence-corrected chi connectivity index (χ2v) is 6.40. The Morgan fingerprint density at radius 2 is 1.92 bits per heavy atom. The molecule has 1 aliphatic heterocycles. The summed E-state index contributed by atoms with van der Waals surface area (Å²) >= 11 is 0. The molecule has 0 aliphatic carbocycles. The number of nitrogens with one attached hydrogen (secondary N) is 2. The predicted molar refractivity (Wildman–Crippen MR) is 104 cm³/mol. The van der Waals surface area contributed by atoms with E-state index in [0.717, 1.165) is 31.0 Å². The molecule has 26 heavy (non-hydrogen) atoms. The van der Waals surface area contributed by atoms with Crippen LogP contribution in [-0.2, 0) is 4.74 Å². The second-order valence-electron chi connectivity index (χ2n) is 6.40. The van der Waals surface area contributed by atoms with E-state index in [2.05, 4.69) is 44.8 Å². The van der Waals surface area contributed by atoms with Crippen LogP contribution in [-0.4, -0.2) is 44.2 Å². The number of ether oxygens (including phenoxy) is 1. The number of carbonyl (C=O) groups is 1. The Bertz CT molecular complexity index is 695. The topological polar surface area (TPSA) is 66.5 Å². The number of rotatable bonds is 8. The predicted octanol–water partition coefficient (Wildman–Crippen LogP) is 3.19. The number of carbonyl (C=O) groups excluding carboxylic acids is 1. The third-order valence-electron chi connectivity index (χ3n) is 4.45. The van der Waals surface area contributed by atoms with Crippen LogP contribution in [0.5, 0.6) is 0 Å². The average Bonchev–Trinajstić information content (AvgIpc) is 3.21. The highest BCUT2D eigenvalue weighted by Gasteiger charge is 2.12. The van der Waals surface area contributed by atoms with Crippen molar-refractivity contribution in [3.05, 3.63) is 48.2 Å². The van der Waals surface area contributed by atoms with Crippen LogP contribution >= 0.6 is 0 Å². The van der Waals surface area contributed by atoms with E-state index in [0.29, 0.717) is 18.7 Å². The van der Waals surface area contributed by atoms with Crippen molar-refractivity contribution in [2.75, 3.05) is 43.6 Å². The van der Waals surface area contributed by atoms with Gasteiger partial charge in [-0.3, -0.25) is 4.79 Å². The van der Waals surface area contributed by atoms with E-state index in [1.54, 1.807) is 19.4 Å². The molecule has 0 unspecified atom stereocenters. The van der Waals surface area contributed by atoms with Crippen LogP contribution < -0.4 is 15.5 Å². The third-order valence-corrected chi connectivity index (χ3v) is 4.45. The fourth-order valence-corrected chi connectivity index (χ4v) is 3.00. The number of methoxy groups -OCH3 is 1. The van der Waals surface area contributed by atoms with Crippen LogP contribution in [0, 0.1) is 0 Å². The van der Waals surface area contributed by atoms with Gasteiger partial charge in [0.15, 0.2) is 0 Å². The molecule has 3 rings (SSSR count). The van der Waals surface area contributed by atoms with Gasteiger partial charge in [0.25, 0.3) is 5.91 Å². The van der Waals surface area contributed by atoms with Crippen molar-refractivity contribution in [3.63, 3.8) is 0 Å². The molecule has 6 heteroatoms. The number of anilines is 3. The Labute approximate surface area is 154 Å². The van der Waals surface area contributed by atoms with E-state index in [1.807, 2.05) is 6.07 Å². The normalized spacial score (nSPS) is 13.7. The summed E-state index contributed by atoms with van der Waals surface area (Å²) in [4.78, 5) is 18.8. The lowest BCUT2D eigenvalue weighted by Crippen LogP contribution is -2.25. The highest BCUT2D eigenvalue weighted by molar-refractivity contribution is 5.94. The first-order valence-corrected chi connectivity index (χ1v) is 9.11. The van der Waals surface area contributed by atoms with E-state index >= 15 is 0 Å². The summed E-state index contributed by atoms with van der Waals surface area (Å²) in [5, 5.41) is 6.12. The number of pyridine rings is 1. The smallest absolute Gasteiger partial charge is 0.252 e. The summed E-state index contributed by atoms with van der Waals surface area (Å²) in [6.07, 6.45) is 4.93. The quantitative estimate of drug-likeness (QED) is 0.713. The van der Waals surface area contributed by atoms with E-state index in [1.165, 1.54) is 18.5 Å².